The molecule has 1 unspecified atom stereocenters. The summed E-state index contributed by atoms with van der Waals surface area (Å²) in [5, 5.41) is 3.39. The molecule has 0 saturated carbocycles. The van der Waals surface area contributed by atoms with Crippen molar-refractivity contribution in [3.8, 4) is 0 Å². The highest BCUT2D eigenvalue weighted by molar-refractivity contribution is 5.77. The fourth-order valence-corrected chi connectivity index (χ4v) is 3.33. The summed E-state index contributed by atoms with van der Waals surface area (Å²) < 4.78 is 0. The molecule has 0 radical (unpaired) electrons. The Morgan fingerprint density at radius 1 is 1.29 bits per heavy atom. The molecule has 2 saturated heterocycles. The second-order valence-corrected chi connectivity index (χ2v) is 5.64. The lowest BCUT2D eigenvalue weighted by Crippen LogP contribution is -2.57. The molecular formula is C13H25N3O. The molecule has 98 valence electrons. The zero-order chi connectivity index (χ0) is 12.5. The van der Waals surface area contributed by atoms with E-state index in [1.54, 1.807) is 0 Å². The molecule has 4 nitrogen and oxygen atoms in total. The van der Waals surface area contributed by atoms with Crippen molar-refractivity contribution in [2.24, 2.45) is 0 Å². The van der Waals surface area contributed by atoms with E-state index in [9.17, 15) is 4.79 Å². The lowest BCUT2D eigenvalue weighted by Gasteiger charge is -2.43. The van der Waals surface area contributed by atoms with Crippen LogP contribution in [0.5, 0.6) is 0 Å². The van der Waals surface area contributed by atoms with Crippen LogP contribution in [0.2, 0.25) is 0 Å². The number of piperazine rings is 1. The minimum absolute atomic E-state index is 0.00949. The zero-order valence-corrected chi connectivity index (χ0v) is 11.3. The van der Waals surface area contributed by atoms with E-state index in [1.807, 2.05) is 6.92 Å². The van der Waals surface area contributed by atoms with Gasteiger partial charge in [0.15, 0.2) is 0 Å². The summed E-state index contributed by atoms with van der Waals surface area (Å²) in [4.78, 5) is 16.6. The van der Waals surface area contributed by atoms with Gasteiger partial charge < -0.3 is 10.2 Å². The monoisotopic (exact) mass is 239 g/mol. The molecule has 2 rings (SSSR count). The van der Waals surface area contributed by atoms with Crippen molar-refractivity contribution in [3.63, 3.8) is 0 Å². The van der Waals surface area contributed by atoms with Crippen LogP contribution in [0.4, 0.5) is 0 Å². The number of hydrogen-bond acceptors (Lipinski definition) is 3. The average molecular weight is 239 g/mol. The predicted octanol–water partition coefficient (Wildman–Crippen LogP) is 0.681. The number of hydrogen-bond donors (Lipinski definition) is 1. The highest BCUT2D eigenvalue weighted by Gasteiger charge is 2.45. The number of likely N-dealkylation sites (tertiary alicyclic amines) is 1. The molecule has 17 heavy (non-hydrogen) atoms. The molecule has 1 atom stereocenters. The molecule has 0 aromatic rings. The van der Waals surface area contributed by atoms with Crippen LogP contribution < -0.4 is 5.32 Å². The summed E-state index contributed by atoms with van der Waals surface area (Å²) in [7, 11) is 0. The van der Waals surface area contributed by atoms with Crippen LogP contribution in [0.1, 0.15) is 33.6 Å². The molecule has 0 aromatic carbocycles. The van der Waals surface area contributed by atoms with Gasteiger partial charge in [-0.2, -0.15) is 0 Å². The van der Waals surface area contributed by atoms with E-state index in [0.717, 1.165) is 39.1 Å². The van der Waals surface area contributed by atoms with E-state index in [0.29, 0.717) is 18.4 Å². The minimum atomic E-state index is -0.00949. The van der Waals surface area contributed by atoms with Crippen molar-refractivity contribution in [1.82, 2.24) is 15.1 Å². The molecule has 2 heterocycles. The number of carbonyl (C=O) groups is 1. The first-order chi connectivity index (χ1) is 8.07. The third kappa shape index (κ3) is 2.33. The van der Waals surface area contributed by atoms with Gasteiger partial charge in [0.25, 0.3) is 0 Å². The molecule has 2 fully saturated rings. The van der Waals surface area contributed by atoms with Crippen molar-refractivity contribution in [2.45, 2.75) is 45.2 Å². The number of nitrogens with one attached hydrogen (secondary N) is 1. The van der Waals surface area contributed by atoms with E-state index in [1.165, 1.54) is 0 Å². The third-order valence-electron chi connectivity index (χ3n) is 4.33. The van der Waals surface area contributed by atoms with E-state index in [4.69, 9.17) is 0 Å². The second kappa shape index (κ2) is 4.94. The summed E-state index contributed by atoms with van der Waals surface area (Å²) in [6.45, 7) is 11.7. The molecular weight excluding hydrogens is 214 g/mol. The molecule has 0 spiro atoms. The van der Waals surface area contributed by atoms with Gasteiger partial charge >= 0.3 is 0 Å². The standard InChI is InChI=1S/C13H25N3O/c1-4-12(17)16-8-5-11(13(16,2)3)15-9-6-14-7-10-15/h11,14H,4-10H2,1-3H3. The fraction of sp³-hybridized carbons (Fsp3) is 0.923. The van der Waals surface area contributed by atoms with Gasteiger partial charge in [-0.15, -0.1) is 0 Å². The Hall–Kier alpha value is -0.610. The van der Waals surface area contributed by atoms with Gasteiger partial charge in [0.05, 0.1) is 5.54 Å². The lowest BCUT2D eigenvalue weighted by molar-refractivity contribution is -0.135. The zero-order valence-electron chi connectivity index (χ0n) is 11.3. The van der Waals surface area contributed by atoms with Crippen LogP contribution in [-0.2, 0) is 4.79 Å². The Bertz CT molecular complexity index is 284. The highest BCUT2D eigenvalue weighted by Crippen LogP contribution is 2.33. The van der Waals surface area contributed by atoms with Crippen molar-refractivity contribution in [1.29, 1.82) is 0 Å². The molecule has 0 aliphatic carbocycles. The Balaban J connectivity index is 2.07. The first kappa shape index (κ1) is 12.8. The first-order valence-electron chi connectivity index (χ1n) is 6.82. The largest absolute Gasteiger partial charge is 0.336 e. The predicted molar refractivity (Wildman–Crippen MR) is 68.9 cm³/mol. The van der Waals surface area contributed by atoms with Gasteiger partial charge in [0, 0.05) is 45.2 Å². The quantitative estimate of drug-likeness (QED) is 0.770. The summed E-state index contributed by atoms with van der Waals surface area (Å²) in [6, 6.07) is 0.528. The molecule has 2 aliphatic rings. The number of rotatable bonds is 2. The van der Waals surface area contributed by atoms with E-state index < -0.39 is 0 Å². The van der Waals surface area contributed by atoms with Crippen LogP contribution in [0.15, 0.2) is 0 Å². The third-order valence-corrected chi connectivity index (χ3v) is 4.33. The number of nitrogens with zero attached hydrogens (tertiary/aromatic N) is 2. The van der Waals surface area contributed by atoms with Gasteiger partial charge in [0.2, 0.25) is 5.91 Å². The molecule has 0 aromatic heterocycles. The Kier molecular flexibility index (Phi) is 3.73. The second-order valence-electron chi connectivity index (χ2n) is 5.64. The van der Waals surface area contributed by atoms with Crippen LogP contribution in [0.3, 0.4) is 0 Å². The number of carbonyl (C=O) groups excluding carboxylic acids is 1. The van der Waals surface area contributed by atoms with Gasteiger partial charge in [-0.1, -0.05) is 6.92 Å². The Labute approximate surface area is 104 Å². The van der Waals surface area contributed by atoms with Gasteiger partial charge in [-0.05, 0) is 20.3 Å². The minimum Gasteiger partial charge on any atom is -0.336 e. The maximum Gasteiger partial charge on any atom is 0.222 e. The van der Waals surface area contributed by atoms with Crippen LogP contribution in [0.25, 0.3) is 0 Å². The van der Waals surface area contributed by atoms with Crippen molar-refractivity contribution in [2.75, 3.05) is 32.7 Å². The summed E-state index contributed by atoms with van der Waals surface area (Å²) in [5.74, 6) is 0.299. The smallest absolute Gasteiger partial charge is 0.222 e. The van der Waals surface area contributed by atoms with Crippen molar-refractivity contribution in [3.05, 3.63) is 0 Å². The van der Waals surface area contributed by atoms with E-state index in [-0.39, 0.29) is 5.54 Å². The topological polar surface area (TPSA) is 35.6 Å². The summed E-state index contributed by atoms with van der Waals surface area (Å²) in [5.41, 5.74) is -0.00949. The van der Waals surface area contributed by atoms with Gasteiger partial charge in [-0.25, -0.2) is 0 Å². The van der Waals surface area contributed by atoms with Crippen LogP contribution >= 0.6 is 0 Å². The van der Waals surface area contributed by atoms with E-state index >= 15 is 0 Å². The SMILES string of the molecule is CCC(=O)N1CCC(N2CCNCC2)C1(C)C. The number of amides is 1. The van der Waals surface area contributed by atoms with Crippen molar-refractivity contribution >= 4 is 5.91 Å². The van der Waals surface area contributed by atoms with Crippen LogP contribution in [-0.4, -0.2) is 60.0 Å². The van der Waals surface area contributed by atoms with Crippen LogP contribution in [0, 0.1) is 0 Å². The van der Waals surface area contributed by atoms with Gasteiger partial charge in [0.1, 0.15) is 0 Å². The average Bonchev–Trinajstić information content (AvgIpc) is 2.65. The van der Waals surface area contributed by atoms with E-state index in [2.05, 4.69) is 29.0 Å². The highest BCUT2D eigenvalue weighted by atomic mass is 16.2. The fourth-order valence-electron chi connectivity index (χ4n) is 3.33. The summed E-state index contributed by atoms with van der Waals surface area (Å²) >= 11 is 0. The Morgan fingerprint density at radius 2 is 1.94 bits per heavy atom. The lowest BCUT2D eigenvalue weighted by atomic mass is 9.93. The normalized spacial score (nSPS) is 29.6. The molecule has 2 aliphatic heterocycles. The molecule has 0 bridgehead atoms. The molecule has 1 N–H and O–H groups in total. The first-order valence-corrected chi connectivity index (χ1v) is 6.82. The molecule has 4 heteroatoms. The Morgan fingerprint density at radius 3 is 2.53 bits per heavy atom. The maximum atomic E-state index is 12.0. The van der Waals surface area contributed by atoms with Crippen molar-refractivity contribution < 1.29 is 4.79 Å². The summed E-state index contributed by atoms with van der Waals surface area (Å²) in [6.07, 6.45) is 1.75. The molecule has 1 amide bonds. The maximum absolute atomic E-state index is 12.0. The van der Waals surface area contributed by atoms with Gasteiger partial charge in [-0.3, -0.25) is 9.69 Å².